The van der Waals surface area contributed by atoms with Gasteiger partial charge < -0.3 is 30.9 Å². The minimum absolute atomic E-state index is 0.0156. The summed E-state index contributed by atoms with van der Waals surface area (Å²) in [5.74, 6) is -1.15. The van der Waals surface area contributed by atoms with Crippen molar-refractivity contribution in [2.75, 3.05) is 15.5 Å². The van der Waals surface area contributed by atoms with Gasteiger partial charge in [-0.25, -0.2) is 19.4 Å². The summed E-state index contributed by atoms with van der Waals surface area (Å²) >= 11 is 0. The number of aryl methyl sites for hydroxylation is 2. The predicted molar refractivity (Wildman–Crippen MR) is 198 cm³/mol. The third-order valence-electron chi connectivity index (χ3n) is 7.66. The van der Waals surface area contributed by atoms with E-state index in [2.05, 4.69) is 15.6 Å². The molecule has 0 saturated carbocycles. The lowest BCUT2D eigenvalue weighted by Gasteiger charge is -2.28. The van der Waals surface area contributed by atoms with Crippen molar-refractivity contribution in [3.63, 3.8) is 0 Å². The summed E-state index contributed by atoms with van der Waals surface area (Å²) in [5, 5.41) is 17.3. The maximum atomic E-state index is 13.3. The van der Waals surface area contributed by atoms with E-state index in [1.54, 1.807) is 71.9 Å². The van der Waals surface area contributed by atoms with Crippen LogP contribution < -0.4 is 21.3 Å². The Labute approximate surface area is 298 Å². The zero-order valence-corrected chi connectivity index (χ0v) is 30.2. The van der Waals surface area contributed by atoms with Crippen molar-refractivity contribution in [2.24, 2.45) is 5.73 Å². The van der Waals surface area contributed by atoms with Crippen molar-refractivity contribution in [1.82, 2.24) is 4.98 Å². The van der Waals surface area contributed by atoms with Crippen LogP contribution in [-0.2, 0) is 32.0 Å². The molecule has 0 aliphatic carbocycles. The van der Waals surface area contributed by atoms with Gasteiger partial charge in [-0.15, -0.1) is 0 Å². The van der Waals surface area contributed by atoms with Crippen LogP contribution in [0.4, 0.5) is 26.8 Å². The van der Waals surface area contributed by atoms with Gasteiger partial charge in [-0.1, -0.05) is 30.3 Å². The largest absolute Gasteiger partial charge is 0.479 e. The van der Waals surface area contributed by atoms with Gasteiger partial charge in [0, 0.05) is 35.9 Å². The minimum Gasteiger partial charge on any atom is -0.479 e. The van der Waals surface area contributed by atoms with Crippen LogP contribution >= 0.6 is 0 Å². The van der Waals surface area contributed by atoms with Gasteiger partial charge in [-0.05, 0) is 125 Å². The topological polar surface area (TPSA) is 173 Å². The van der Waals surface area contributed by atoms with E-state index in [9.17, 15) is 24.3 Å². The van der Waals surface area contributed by atoms with Crippen molar-refractivity contribution >= 4 is 52.0 Å². The first kappa shape index (κ1) is 38.3. The number of anilines is 3. The molecule has 1 unspecified atom stereocenters. The number of benzene rings is 3. The number of aliphatic carboxylic acids is 1. The van der Waals surface area contributed by atoms with Gasteiger partial charge in [0.25, 0.3) is 0 Å². The molecular weight excluding hydrogens is 650 g/mol. The molecule has 3 aromatic carbocycles. The Hall–Kier alpha value is -5.49. The van der Waals surface area contributed by atoms with Gasteiger partial charge in [-0.3, -0.25) is 4.79 Å². The molecule has 0 spiro atoms. The molecule has 4 rings (SSSR count). The maximum absolute atomic E-state index is 13.3. The number of pyridine rings is 1. The molecule has 4 aromatic rings. The maximum Gasteiger partial charge on any atom is 0.425 e. The van der Waals surface area contributed by atoms with Crippen molar-refractivity contribution in [3.8, 4) is 0 Å². The second kappa shape index (κ2) is 16.0. The standard InChI is InChI=1S/C39H47N5O7/c1-24-20-28(15-14-26(24)11-9-13-32(45)42-29-12-8-10-25(21-29)23-40)33(35(46)47)43-30-16-17-31-27(22-30)18-19-41-34(31)44(36(48)50-38(2,3)4)37(49)51-39(5,6)7/h8,10,12,14-22,33,43H,9,11,13,23,40H2,1-7H3,(H,42,45)(H,46,47). The van der Waals surface area contributed by atoms with Gasteiger partial charge >= 0.3 is 18.2 Å². The van der Waals surface area contributed by atoms with E-state index in [-0.39, 0.29) is 11.7 Å². The van der Waals surface area contributed by atoms with Crippen LogP contribution in [0.1, 0.15) is 82.7 Å². The van der Waals surface area contributed by atoms with E-state index in [4.69, 9.17) is 15.2 Å². The van der Waals surface area contributed by atoms with Gasteiger partial charge in [0.2, 0.25) is 5.91 Å². The normalized spacial score (nSPS) is 12.2. The fourth-order valence-corrected chi connectivity index (χ4v) is 5.36. The number of carbonyl (C=O) groups is 4. The Morgan fingerprint density at radius 1 is 0.882 bits per heavy atom. The molecule has 1 heterocycles. The highest BCUT2D eigenvalue weighted by Crippen LogP contribution is 2.31. The molecular formula is C39H47N5O7. The summed E-state index contributed by atoms with van der Waals surface area (Å²) < 4.78 is 11.0. The third kappa shape index (κ3) is 10.7. The number of aromatic nitrogens is 1. The number of nitrogens with one attached hydrogen (secondary N) is 2. The number of nitrogens with two attached hydrogens (primary N) is 1. The predicted octanol–water partition coefficient (Wildman–Crippen LogP) is 7.88. The van der Waals surface area contributed by atoms with Crippen LogP contribution in [0.25, 0.3) is 10.8 Å². The van der Waals surface area contributed by atoms with Gasteiger partial charge in [-0.2, -0.15) is 4.90 Å². The van der Waals surface area contributed by atoms with E-state index >= 15 is 0 Å². The fraction of sp³-hybridized carbons (Fsp3) is 0.359. The number of amides is 3. The molecule has 1 aromatic heterocycles. The Morgan fingerprint density at radius 2 is 1.57 bits per heavy atom. The average molecular weight is 698 g/mol. The number of carbonyl (C=O) groups excluding carboxylic acids is 3. The number of nitrogens with zero attached hydrogens (tertiary/aromatic N) is 2. The second-order valence-electron chi connectivity index (χ2n) is 14.3. The molecule has 5 N–H and O–H groups in total. The molecule has 1 atom stereocenters. The van der Waals surface area contributed by atoms with Gasteiger partial charge in [0.15, 0.2) is 11.9 Å². The molecule has 270 valence electrons. The highest BCUT2D eigenvalue weighted by atomic mass is 16.6. The minimum atomic E-state index is -1.08. The summed E-state index contributed by atoms with van der Waals surface area (Å²) in [6.45, 7) is 12.4. The van der Waals surface area contributed by atoms with E-state index in [0.29, 0.717) is 53.5 Å². The number of ether oxygens (including phenoxy) is 2. The summed E-state index contributed by atoms with van der Waals surface area (Å²) in [6.07, 6.45) is 1.17. The van der Waals surface area contributed by atoms with Crippen molar-refractivity contribution in [3.05, 3.63) is 95.2 Å². The van der Waals surface area contributed by atoms with Crippen LogP contribution in [0.15, 0.2) is 72.9 Å². The van der Waals surface area contributed by atoms with Crippen LogP contribution in [0.5, 0.6) is 0 Å². The number of imide groups is 1. The number of hydrogen-bond donors (Lipinski definition) is 4. The van der Waals surface area contributed by atoms with Crippen LogP contribution in [0.3, 0.4) is 0 Å². The summed E-state index contributed by atoms with van der Waals surface area (Å²) in [7, 11) is 0. The Kier molecular flexibility index (Phi) is 12.0. The van der Waals surface area contributed by atoms with E-state index in [1.807, 2.05) is 43.3 Å². The molecule has 0 radical (unpaired) electrons. The molecule has 12 heteroatoms. The summed E-state index contributed by atoms with van der Waals surface area (Å²) in [6, 6.07) is 18.6. The Bertz CT molecular complexity index is 1880. The first-order valence-electron chi connectivity index (χ1n) is 16.8. The first-order valence-corrected chi connectivity index (χ1v) is 16.8. The smallest absolute Gasteiger partial charge is 0.425 e. The zero-order valence-electron chi connectivity index (χ0n) is 30.2. The second-order valence-corrected chi connectivity index (χ2v) is 14.3. The monoisotopic (exact) mass is 697 g/mol. The lowest BCUT2D eigenvalue weighted by molar-refractivity contribution is -0.138. The van der Waals surface area contributed by atoms with E-state index in [0.717, 1.165) is 21.6 Å². The number of carboxylic acids is 1. The molecule has 0 saturated heterocycles. The highest BCUT2D eigenvalue weighted by molar-refractivity contribution is 6.14. The molecule has 12 nitrogen and oxygen atoms in total. The SMILES string of the molecule is Cc1cc(C(Nc2ccc3c(N(C(=O)OC(C)(C)C)C(=O)OC(C)(C)C)nccc3c2)C(=O)O)ccc1CCCC(=O)Nc1cccc(CN)c1. The number of carboxylic acid groups (broad SMARTS) is 1. The number of rotatable bonds is 11. The molecule has 0 aliphatic rings. The number of hydrogen-bond acceptors (Lipinski definition) is 9. The lowest BCUT2D eigenvalue weighted by atomic mass is 9.97. The lowest BCUT2D eigenvalue weighted by Crippen LogP contribution is -2.44. The Morgan fingerprint density at radius 3 is 2.18 bits per heavy atom. The van der Waals surface area contributed by atoms with Crippen molar-refractivity contribution in [2.45, 2.75) is 91.5 Å². The summed E-state index contributed by atoms with van der Waals surface area (Å²) in [4.78, 5) is 56.6. The van der Waals surface area contributed by atoms with Gasteiger partial charge in [0.05, 0.1) is 0 Å². The molecule has 51 heavy (non-hydrogen) atoms. The van der Waals surface area contributed by atoms with Gasteiger partial charge in [0.1, 0.15) is 11.2 Å². The molecule has 3 amide bonds. The van der Waals surface area contributed by atoms with Crippen LogP contribution in [0.2, 0.25) is 0 Å². The quantitative estimate of drug-likeness (QED) is 0.121. The van der Waals surface area contributed by atoms with Crippen LogP contribution in [-0.4, -0.2) is 45.4 Å². The molecule has 0 fully saturated rings. The van der Waals surface area contributed by atoms with Crippen molar-refractivity contribution in [1.29, 1.82) is 0 Å². The summed E-state index contributed by atoms with van der Waals surface area (Å²) in [5.41, 5.74) is 8.54. The molecule has 0 aliphatic heterocycles. The highest BCUT2D eigenvalue weighted by Gasteiger charge is 2.34. The van der Waals surface area contributed by atoms with Crippen LogP contribution in [0, 0.1) is 6.92 Å². The number of fused-ring (bicyclic) bond motifs is 1. The third-order valence-corrected chi connectivity index (χ3v) is 7.66. The van der Waals surface area contributed by atoms with Crippen molar-refractivity contribution < 1.29 is 33.8 Å². The zero-order chi connectivity index (χ0) is 37.5. The average Bonchev–Trinajstić information content (AvgIpc) is 3.02. The van der Waals surface area contributed by atoms with E-state index < -0.39 is 35.4 Å². The van der Waals surface area contributed by atoms with E-state index in [1.165, 1.54) is 6.20 Å². The first-order chi connectivity index (χ1) is 23.9. The fourth-order valence-electron chi connectivity index (χ4n) is 5.36. The molecule has 0 bridgehead atoms. The Balaban J connectivity index is 1.50.